The molecule has 0 amide bonds. The smallest absolute Gasteiger partial charge is 0.262 e. The molecule has 0 aliphatic rings. The van der Waals surface area contributed by atoms with Crippen LogP contribution in [0.4, 0.5) is 0 Å². The second-order valence-electron chi connectivity index (χ2n) is 6.03. The highest BCUT2D eigenvalue weighted by molar-refractivity contribution is 7.21. The maximum absolute atomic E-state index is 12.7. The van der Waals surface area contributed by atoms with Crippen LogP contribution in [0.5, 0.6) is 0 Å². The Bertz CT molecular complexity index is 1040. The van der Waals surface area contributed by atoms with Crippen LogP contribution < -0.4 is 5.56 Å². The maximum atomic E-state index is 12.7. The van der Waals surface area contributed by atoms with Gasteiger partial charge in [-0.1, -0.05) is 60.7 Å². The highest BCUT2D eigenvalue weighted by Crippen LogP contribution is 2.30. The second kappa shape index (κ2) is 7.03. The first-order valence-corrected chi connectivity index (χ1v) is 9.21. The third-order valence-corrected chi connectivity index (χ3v) is 5.38. The van der Waals surface area contributed by atoms with Crippen molar-refractivity contribution in [3.8, 4) is 10.4 Å². The van der Waals surface area contributed by atoms with Crippen molar-refractivity contribution in [3.63, 3.8) is 0 Å². The highest BCUT2D eigenvalue weighted by Gasteiger charge is 2.10. The van der Waals surface area contributed by atoms with E-state index < -0.39 is 0 Å². The molecule has 3 nitrogen and oxygen atoms in total. The van der Waals surface area contributed by atoms with Crippen molar-refractivity contribution in [2.45, 2.75) is 19.4 Å². The molecule has 0 radical (unpaired) electrons. The van der Waals surface area contributed by atoms with Gasteiger partial charge in [0.05, 0.1) is 11.7 Å². The van der Waals surface area contributed by atoms with Gasteiger partial charge in [-0.15, -0.1) is 11.3 Å². The van der Waals surface area contributed by atoms with Crippen molar-refractivity contribution >= 4 is 21.6 Å². The Morgan fingerprint density at radius 2 is 1.68 bits per heavy atom. The van der Waals surface area contributed by atoms with Gasteiger partial charge in [-0.2, -0.15) is 0 Å². The Hall–Kier alpha value is -2.72. The number of hydrogen-bond donors (Lipinski definition) is 0. The Labute approximate surface area is 150 Å². The first-order valence-electron chi connectivity index (χ1n) is 8.39. The quantitative estimate of drug-likeness (QED) is 0.522. The van der Waals surface area contributed by atoms with Crippen molar-refractivity contribution in [2.75, 3.05) is 0 Å². The van der Waals surface area contributed by atoms with Gasteiger partial charge in [-0.25, -0.2) is 4.98 Å². The van der Waals surface area contributed by atoms with Crippen molar-refractivity contribution in [1.29, 1.82) is 0 Å². The molecule has 0 N–H and O–H groups in total. The third kappa shape index (κ3) is 3.39. The number of nitrogens with zero attached hydrogens (tertiary/aromatic N) is 2. The van der Waals surface area contributed by atoms with Gasteiger partial charge in [0.1, 0.15) is 4.83 Å². The molecule has 0 aliphatic heterocycles. The van der Waals surface area contributed by atoms with E-state index in [1.54, 1.807) is 22.2 Å². The topological polar surface area (TPSA) is 34.9 Å². The fourth-order valence-electron chi connectivity index (χ4n) is 2.96. The standard InChI is InChI=1S/C21H18N2OS/c24-21-18-14-19(17-11-5-2-6-12-17)25-20(18)22-15-23(21)13-7-10-16-8-3-1-4-9-16/h1-6,8-9,11-12,14-15H,7,10,13H2. The average Bonchev–Trinajstić information content (AvgIpc) is 3.10. The highest BCUT2D eigenvalue weighted by atomic mass is 32.1. The van der Waals surface area contributed by atoms with E-state index in [0.29, 0.717) is 11.9 Å². The molecule has 0 fully saturated rings. The van der Waals surface area contributed by atoms with Gasteiger partial charge in [-0.3, -0.25) is 9.36 Å². The Balaban J connectivity index is 1.56. The molecule has 0 saturated heterocycles. The summed E-state index contributed by atoms with van der Waals surface area (Å²) < 4.78 is 1.73. The summed E-state index contributed by atoms with van der Waals surface area (Å²) in [7, 11) is 0. The molecule has 0 spiro atoms. The monoisotopic (exact) mass is 346 g/mol. The van der Waals surface area contributed by atoms with Gasteiger partial charge in [0.15, 0.2) is 0 Å². The molecule has 4 aromatic rings. The predicted molar refractivity (Wildman–Crippen MR) is 104 cm³/mol. The molecule has 2 aromatic heterocycles. The molecule has 4 heteroatoms. The molecule has 0 bridgehead atoms. The molecule has 25 heavy (non-hydrogen) atoms. The molecule has 2 aromatic carbocycles. The number of benzene rings is 2. The average molecular weight is 346 g/mol. The molecule has 4 rings (SSSR count). The Kier molecular flexibility index (Phi) is 4.44. The van der Waals surface area contributed by atoms with Crippen LogP contribution in [0.2, 0.25) is 0 Å². The number of rotatable bonds is 5. The van der Waals surface area contributed by atoms with Gasteiger partial charge >= 0.3 is 0 Å². The number of fused-ring (bicyclic) bond motifs is 1. The molecule has 0 atom stereocenters. The van der Waals surface area contributed by atoms with Crippen LogP contribution in [0.1, 0.15) is 12.0 Å². The summed E-state index contributed by atoms with van der Waals surface area (Å²) in [5.74, 6) is 0. The second-order valence-corrected chi connectivity index (χ2v) is 7.06. The first-order chi connectivity index (χ1) is 12.3. The fourth-order valence-corrected chi connectivity index (χ4v) is 3.96. The lowest BCUT2D eigenvalue weighted by atomic mass is 10.1. The van der Waals surface area contributed by atoms with Crippen molar-refractivity contribution in [2.24, 2.45) is 0 Å². The zero-order chi connectivity index (χ0) is 17.1. The summed E-state index contributed by atoms with van der Waals surface area (Å²) in [6.45, 7) is 0.688. The summed E-state index contributed by atoms with van der Waals surface area (Å²) in [4.78, 5) is 19.1. The van der Waals surface area contributed by atoms with Crippen LogP contribution in [-0.4, -0.2) is 9.55 Å². The van der Waals surface area contributed by atoms with Gasteiger partial charge in [0.2, 0.25) is 0 Å². The minimum atomic E-state index is 0.0523. The van der Waals surface area contributed by atoms with E-state index in [1.165, 1.54) is 5.56 Å². The molecule has 2 heterocycles. The SMILES string of the molecule is O=c1c2cc(-c3ccccc3)sc2ncn1CCCc1ccccc1. The van der Waals surface area contributed by atoms with E-state index in [4.69, 9.17) is 0 Å². The zero-order valence-electron chi connectivity index (χ0n) is 13.8. The molecular weight excluding hydrogens is 328 g/mol. The van der Waals surface area contributed by atoms with Crippen LogP contribution in [0.25, 0.3) is 20.7 Å². The van der Waals surface area contributed by atoms with Gasteiger partial charge in [0.25, 0.3) is 5.56 Å². The Morgan fingerprint density at radius 3 is 2.44 bits per heavy atom. The van der Waals surface area contributed by atoms with Crippen LogP contribution in [-0.2, 0) is 13.0 Å². The lowest BCUT2D eigenvalue weighted by Crippen LogP contribution is -2.20. The van der Waals surface area contributed by atoms with E-state index in [0.717, 1.165) is 28.1 Å². The van der Waals surface area contributed by atoms with Crippen molar-refractivity contribution in [1.82, 2.24) is 9.55 Å². The summed E-state index contributed by atoms with van der Waals surface area (Å²) in [5.41, 5.74) is 2.48. The summed E-state index contributed by atoms with van der Waals surface area (Å²) in [6, 6.07) is 22.5. The third-order valence-electron chi connectivity index (χ3n) is 4.28. The number of hydrogen-bond acceptors (Lipinski definition) is 3. The van der Waals surface area contributed by atoms with Crippen molar-refractivity contribution in [3.05, 3.63) is 89.0 Å². The molecule has 0 unspecified atom stereocenters. The summed E-state index contributed by atoms with van der Waals surface area (Å²) >= 11 is 1.57. The van der Waals surface area contributed by atoms with E-state index in [9.17, 15) is 4.79 Å². The van der Waals surface area contributed by atoms with Gasteiger partial charge in [0, 0.05) is 11.4 Å². The predicted octanol–water partition coefficient (Wildman–Crippen LogP) is 4.76. The number of aryl methyl sites for hydroxylation is 2. The van der Waals surface area contributed by atoms with E-state index in [-0.39, 0.29) is 5.56 Å². The van der Waals surface area contributed by atoms with Gasteiger partial charge in [-0.05, 0) is 30.0 Å². The minimum Gasteiger partial charge on any atom is -0.299 e. The fraction of sp³-hybridized carbons (Fsp3) is 0.143. The van der Waals surface area contributed by atoms with Crippen molar-refractivity contribution < 1.29 is 0 Å². The molecule has 0 saturated carbocycles. The lowest BCUT2D eigenvalue weighted by molar-refractivity contribution is 0.618. The van der Waals surface area contributed by atoms with E-state index in [2.05, 4.69) is 29.2 Å². The molecule has 0 aliphatic carbocycles. The van der Waals surface area contributed by atoms with Crippen LogP contribution >= 0.6 is 11.3 Å². The molecular formula is C21H18N2OS. The van der Waals surface area contributed by atoms with Crippen LogP contribution in [0, 0.1) is 0 Å². The zero-order valence-corrected chi connectivity index (χ0v) is 14.6. The number of aromatic nitrogens is 2. The van der Waals surface area contributed by atoms with Gasteiger partial charge < -0.3 is 0 Å². The summed E-state index contributed by atoms with van der Waals surface area (Å²) in [5, 5.41) is 0.714. The summed E-state index contributed by atoms with van der Waals surface area (Å²) in [6.07, 6.45) is 3.57. The normalized spacial score (nSPS) is 11.0. The van der Waals surface area contributed by atoms with E-state index >= 15 is 0 Å². The number of thiophene rings is 1. The van der Waals surface area contributed by atoms with Crippen LogP contribution in [0.3, 0.4) is 0 Å². The Morgan fingerprint density at radius 1 is 0.960 bits per heavy atom. The molecule has 124 valence electrons. The van der Waals surface area contributed by atoms with Crippen LogP contribution in [0.15, 0.2) is 77.9 Å². The first kappa shape index (κ1) is 15.8. The maximum Gasteiger partial charge on any atom is 0.262 e. The lowest BCUT2D eigenvalue weighted by Gasteiger charge is -2.05. The van der Waals surface area contributed by atoms with E-state index in [1.807, 2.05) is 42.5 Å². The largest absolute Gasteiger partial charge is 0.299 e. The minimum absolute atomic E-state index is 0.0523.